The first-order valence-corrected chi connectivity index (χ1v) is 7.96. The molecule has 0 saturated carbocycles. The van der Waals surface area contributed by atoms with Crippen molar-refractivity contribution < 1.29 is 23.7 Å². The molecule has 134 valence electrons. The molecule has 0 saturated heterocycles. The molecule has 0 aliphatic carbocycles. The van der Waals surface area contributed by atoms with E-state index in [1.54, 1.807) is 0 Å². The van der Waals surface area contributed by atoms with Crippen LogP contribution in [-0.2, 0) is 23.7 Å². The summed E-state index contributed by atoms with van der Waals surface area (Å²) in [5, 5.41) is 1.90. The van der Waals surface area contributed by atoms with Crippen molar-refractivity contribution in [1.29, 1.82) is 0 Å². The van der Waals surface area contributed by atoms with E-state index in [-0.39, 0.29) is 6.10 Å². The van der Waals surface area contributed by atoms with Crippen LogP contribution in [0.2, 0.25) is 0 Å². The van der Waals surface area contributed by atoms with Gasteiger partial charge in [0, 0.05) is 20.6 Å². The van der Waals surface area contributed by atoms with Crippen LogP contribution in [0.25, 0.3) is 0 Å². The molecule has 22 heavy (non-hydrogen) atoms. The summed E-state index contributed by atoms with van der Waals surface area (Å²) >= 11 is 0. The van der Waals surface area contributed by atoms with E-state index < -0.39 is 0 Å². The first-order chi connectivity index (χ1) is 10.6. The van der Waals surface area contributed by atoms with Gasteiger partial charge in [-0.15, -0.1) is 0 Å². The van der Waals surface area contributed by atoms with Gasteiger partial charge in [-0.1, -0.05) is 0 Å². The Balaban J connectivity index is 2.97. The maximum Gasteiger partial charge on any atom is 0.0703 e. The van der Waals surface area contributed by atoms with Gasteiger partial charge in [-0.25, -0.2) is 0 Å². The second kappa shape index (κ2) is 17.1. The minimum Gasteiger partial charge on any atom is -0.378 e. The van der Waals surface area contributed by atoms with Crippen LogP contribution < -0.4 is 5.43 Å². The molecule has 0 aromatic heterocycles. The highest BCUT2D eigenvalue weighted by molar-refractivity contribution is 4.39. The maximum absolute atomic E-state index is 5.40. The average Bonchev–Trinajstić information content (AvgIpc) is 2.46. The van der Waals surface area contributed by atoms with E-state index in [0.717, 1.165) is 6.54 Å². The number of hydrogen-bond donors (Lipinski definition) is 1. The molecule has 0 unspecified atom stereocenters. The van der Waals surface area contributed by atoms with Crippen molar-refractivity contribution in [3.05, 3.63) is 0 Å². The van der Waals surface area contributed by atoms with Crippen molar-refractivity contribution in [3.8, 4) is 0 Å². The largest absolute Gasteiger partial charge is 0.378 e. The summed E-state index contributed by atoms with van der Waals surface area (Å²) in [6.45, 7) is 10.3. The summed E-state index contributed by atoms with van der Waals surface area (Å²) < 4.78 is 26.9. The van der Waals surface area contributed by atoms with Crippen LogP contribution in [0, 0.1) is 0 Å². The normalized spacial score (nSPS) is 11.7. The number of nitrogens with one attached hydrogen (secondary N) is 1. The van der Waals surface area contributed by atoms with Gasteiger partial charge < -0.3 is 23.7 Å². The average molecular weight is 322 g/mol. The molecule has 0 fully saturated rings. The minimum absolute atomic E-state index is 0.255. The number of ether oxygens (including phenoxy) is 5. The lowest BCUT2D eigenvalue weighted by Gasteiger charge is -2.11. The van der Waals surface area contributed by atoms with Crippen LogP contribution in [0.3, 0.4) is 0 Å². The smallest absolute Gasteiger partial charge is 0.0703 e. The summed E-state index contributed by atoms with van der Waals surface area (Å²) in [5.74, 6) is 0. The monoisotopic (exact) mass is 322 g/mol. The molecule has 0 aliphatic heterocycles. The Morgan fingerprint density at radius 1 is 0.682 bits per heavy atom. The van der Waals surface area contributed by atoms with E-state index in [2.05, 4.69) is 5.43 Å². The molecule has 0 rings (SSSR count). The fraction of sp³-hybridized carbons (Fsp3) is 1.00. The molecule has 0 aromatic rings. The zero-order valence-electron chi connectivity index (χ0n) is 14.6. The zero-order chi connectivity index (χ0) is 16.5. The Hall–Kier alpha value is -0.280. The van der Waals surface area contributed by atoms with Gasteiger partial charge in [0.2, 0.25) is 0 Å². The van der Waals surface area contributed by atoms with E-state index in [4.69, 9.17) is 23.7 Å². The fourth-order valence-corrected chi connectivity index (χ4v) is 1.45. The molecule has 0 bridgehead atoms. The molecule has 1 N–H and O–H groups in total. The van der Waals surface area contributed by atoms with E-state index in [1.807, 2.05) is 33.0 Å². The number of hydrogen-bond acceptors (Lipinski definition) is 7. The Kier molecular flexibility index (Phi) is 16.9. The SMILES string of the molecule is CC(C)OCCOCCOCCOCCOCCNN(C)C. The lowest BCUT2D eigenvalue weighted by atomic mass is 10.5. The Morgan fingerprint density at radius 2 is 1.09 bits per heavy atom. The molecule has 0 heterocycles. The van der Waals surface area contributed by atoms with Crippen molar-refractivity contribution in [2.75, 3.05) is 80.1 Å². The second-order valence-electron chi connectivity index (χ2n) is 5.17. The van der Waals surface area contributed by atoms with Gasteiger partial charge in [-0.2, -0.15) is 0 Å². The van der Waals surface area contributed by atoms with Gasteiger partial charge in [-0.3, -0.25) is 10.4 Å². The molecular formula is C15H34N2O5. The Morgan fingerprint density at radius 3 is 1.50 bits per heavy atom. The van der Waals surface area contributed by atoms with Crippen LogP contribution in [0.5, 0.6) is 0 Å². The maximum atomic E-state index is 5.40. The summed E-state index contributed by atoms with van der Waals surface area (Å²) in [6.07, 6.45) is 0.255. The van der Waals surface area contributed by atoms with Gasteiger partial charge in [0.15, 0.2) is 0 Å². The molecule has 0 amide bonds. The molecule has 7 heteroatoms. The van der Waals surface area contributed by atoms with Crippen LogP contribution in [0.1, 0.15) is 13.8 Å². The molecule has 0 spiro atoms. The quantitative estimate of drug-likeness (QED) is 0.310. The highest BCUT2D eigenvalue weighted by Gasteiger charge is 1.95. The standard InChI is InChI=1S/C15H34N2O5/c1-15(2)22-14-13-21-12-11-20-10-9-19-8-7-18-6-5-16-17(3)4/h15-16H,5-14H2,1-4H3. The van der Waals surface area contributed by atoms with Crippen LogP contribution in [0.15, 0.2) is 0 Å². The summed E-state index contributed by atoms with van der Waals surface area (Å²) in [7, 11) is 3.90. The van der Waals surface area contributed by atoms with E-state index in [0.29, 0.717) is 59.5 Å². The van der Waals surface area contributed by atoms with Crippen molar-refractivity contribution >= 4 is 0 Å². The third-order valence-electron chi connectivity index (χ3n) is 2.47. The fourth-order valence-electron chi connectivity index (χ4n) is 1.45. The van der Waals surface area contributed by atoms with Gasteiger partial charge in [0.25, 0.3) is 0 Å². The second-order valence-corrected chi connectivity index (χ2v) is 5.17. The summed E-state index contributed by atoms with van der Waals surface area (Å²) in [4.78, 5) is 0. The van der Waals surface area contributed by atoms with Crippen molar-refractivity contribution in [2.45, 2.75) is 20.0 Å². The topological polar surface area (TPSA) is 61.4 Å². The number of nitrogens with zero attached hydrogens (tertiary/aromatic N) is 1. The Labute approximate surface area is 135 Å². The van der Waals surface area contributed by atoms with Crippen LogP contribution >= 0.6 is 0 Å². The highest BCUT2D eigenvalue weighted by atomic mass is 16.6. The van der Waals surface area contributed by atoms with E-state index >= 15 is 0 Å². The van der Waals surface area contributed by atoms with Crippen LogP contribution in [0.4, 0.5) is 0 Å². The van der Waals surface area contributed by atoms with Gasteiger partial charge in [-0.05, 0) is 13.8 Å². The molecule has 7 nitrogen and oxygen atoms in total. The van der Waals surface area contributed by atoms with Crippen LogP contribution in [-0.4, -0.2) is 91.2 Å². The molecular weight excluding hydrogens is 288 g/mol. The lowest BCUT2D eigenvalue weighted by molar-refractivity contribution is -0.0177. The molecule has 0 aromatic carbocycles. The molecule has 0 atom stereocenters. The molecule has 0 aliphatic rings. The van der Waals surface area contributed by atoms with Crippen molar-refractivity contribution in [3.63, 3.8) is 0 Å². The predicted octanol–water partition coefficient (Wildman–Crippen LogP) is 0.544. The van der Waals surface area contributed by atoms with Crippen molar-refractivity contribution in [2.24, 2.45) is 0 Å². The summed E-state index contributed by atoms with van der Waals surface area (Å²) in [5.41, 5.74) is 3.12. The first kappa shape index (κ1) is 21.7. The predicted molar refractivity (Wildman–Crippen MR) is 86.1 cm³/mol. The van der Waals surface area contributed by atoms with Gasteiger partial charge in [0.05, 0.1) is 65.6 Å². The number of rotatable bonds is 17. The third-order valence-corrected chi connectivity index (χ3v) is 2.47. The lowest BCUT2D eigenvalue weighted by Crippen LogP contribution is -2.33. The summed E-state index contributed by atoms with van der Waals surface area (Å²) in [6, 6.07) is 0. The van der Waals surface area contributed by atoms with E-state index in [1.165, 1.54) is 0 Å². The third kappa shape index (κ3) is 19.7. The zero-order valence-corrected chi connectivity index (χ0v) is 14.6. The van der Waals surface area contributed by atoms with Gasteiger partial charge in [0.1, 0.15) is 0 Å². The van der Waals surface area contributed by atoms with Crippen molar-refractivity contribution in [1.82, 2.24) is 10.4 Å². The Bertz CT molecular complexity index is 196. The van der Waals surface area contributed by atoms with Gasteiger partial charge >= 0.3 is 0 Å². The highest BCUT2D eigenvalue weighted by Crippen LogP contribution is 1.87. The molecule has 0 radical (unpaired) electrons. The first-order valence-electron chi connectivity index (χ1n) is 7.96. The number of hydrazine groups is 1. The minimum atomic E-state index is 0.255. The van der Waals surface area contributed by atoms with E-state index in [9.17, 15) is 0 Å².